The molecule has 2 heteroatoms. The summed E-state index contributed by atoms with van der Waals surface area (Å²) in [7, 11) is 0. The molecule has 1 unspecified atom stereocenters. The molecule has 1 aromatic rings. The summed E-state index contributed by atoms with van der Waals surface area (Å²) in [5, 5.41) is 0.129. The minimum atomic E-state index is -0.112. The van der Waals surface area contributed by atoms with Crippen molar-refractivity contribution < 1.29 is 4.39 Å². The summed E-state index contributed by atoms with van der Waals surface area (Å²) in [5.74, 6) is -0.112. The molecule has 0 bridgehead atoms. The first-order chi connectivity index (χ1) is 7.75. The maximum atomic E-state index is 13.5. The van der Waals surface area contributed by atoms with Gasteiger partial charge in [-0.2, -0.15) is 0 Å². The molecule has 16 heavy (non-hydrogen) atoms. The molecule has 0 fully saturated rings. The van der Waals surface area contributed by atoms with Crippen LogP contribution in [-0.2, 0) is 6.42 Å². The van der Waals surface area contributed by atoms with Crippen LogP contribution in [0.3, 0.4) is 0 Å². The summed E-state index contributed by atoms with van der Waals surface area (Å²) in [6, 6.07) is 6.98. The van der Waals surface area contributed by atoms with Crippen LogP contribution in [0.4, 0.5) is 4.39 Å². The first kappa shape index (κ1) is 11.7. The molecule has 0 aliphatic heterocycles. The molecule has 2 rings (SSSR count). The molecule has 0 radical (unpaired) electrons. The van der Waals surface area contributed by atoms with Gasteiger partial charge in [-0.15, -0.1) is 11.6 Å². The highest BCUT2D eigenvalue weighted by molar-refractivity contribution is 6.21. The molecule has 1 aliphatic rings. The van der Waals surface area contributed by atoms with E-state index in [0.29, 0.717) is 6.42 Å². The summed E-state index contributed by atoms with van der Waals surface area (Å²) >= 11 is 6.15. The highest BCUT2D eigenvalue weighted by atomic mass is 35.5. The Labute approximate surface area is 101 Å². The van der Waals surface area contributed by atoms with Gasteiger partial charge in [-0.05, 0) is 37.3 Å². The normalized spacial score (nSPS) is 21.4. The van der Waals surface area contributed by atoms with Crippen molar-refractivity contribution in [3.63, 3.8) is 0 Å². The van der Waals surface area contributed by atoms with Crippen LogP contribution in [0.1, 0.15) is 31.2 Å². The van der Waals surface area contributed by atoms with Gasteiger partial charge in [0.2, 0.25) is 0 Å². The maximum Gasteiger partial charge on any atom is 0.126 e. The highest BCUT2D eigenvalue weighted by Gasteiger charge is 2.11. The summed E-state index contributed by atoms with van der Waals surface area (Å²) in [6.07, 6.45) is 7.26. The van der Waals surface area contributed by atoms with E-state index >= 15 is 0 Å². The van der Waals surface area contributed by atoms with Crippen molar-refractivity contribution in [2.24, 2.45) is 0 Å². The van der Waals surface area contributed by atoms with Crippen molar-refractivity contribution in [2.75, 3.05) is 0 Å². The fraction of sp³-hybridized carbons (Fsp3) is 0.429. The molecule has 0 N–H and O–H groups in total. The number of hydrogen-bond acceptors (Lipinski definition) is 0. The molecule has 86 valence electrons. The van der Waals surface area contributed by atoms with E-state index in [1.54, 1.807) is 6.07 Å². The minimum absolute atomic E-state index is 0.112. The summed E-state index contributed by atoms with van der Waals surface area (Å²) < 4.78 is 13.5. The summed E-state index contributed by atoms with van der Waals surface area (Å²) in [5.41, 5.74) is 2.06. The third-order valence-corrected chi connectivity index (χ3v) is 3.36. The largest absolute Gasteiger partial charge is 0.207 e. The third kappa shape index (κ3) is 3.08. The number of halogens is 2. The van der Waals surface area contributed by atoms with Crippen LogP contribution in [0.5, 0.6) is 0 Å². The van der Waals surface area contributed by atoms with Crippen LogP contribution in [0.15, 0.2) is 35.9 Å². The second kappa shape index (κ2) is 5.49. The Hall–Kier alpha value is -0.820. The van der Waals surface area contributed by atoms with Crippen molar-refractivity contribution in [3.05, 3.63) is 47.3 Å². The van der Waals surface area contributed by atoms with Crippen molar-refractivity contribution in [1.82, 2.24) is 0 Å². The molecule has 1 aliphatic carbocycles. The summed E-state index contributed by atoms with van der Waals surface area (Å²) in [6.45, 7) is 0. The van der Waals surface area contributed by atoms with E-state index in [2.05, 4.69) is 6.08 Å². The molecule has 0 nitrogen and oxygen atoms in total. The molecule has 1 atom stereocenters. The van der Waals surface area contributed by atoms with E-state index in [0.717, 1.165) is 18.4 Å². The quantitative estimate of drug-likeness (QED) is 0.527. The third-order valence-electron chi connectivity index (χ3n) is 3.02. The van der Waals surface area contributed by atoms with E-state index in [1.165, 1.54) is 24.5 Å². The lowest BCUT2D eigenvalue weighted by Gasteiger charge is -2.07. The topological polar surface area (TPSA) is 0 Å². The van der Waals surface area contributed by atoms with Gasteiger partial charge < -0.3 is 0 Å². The van der Waals surface area contributed by atoms with Crippen LogP contribution >= 0.6 is 11.6 Å². The van der Waals surface area contributed by atoms with Gasteiger partial charge in [0.05, 0.1) is 5.38 Å². The van der Waals surface area contributed by atoms with Crippen molar-refractivity contribution in [1.29, 1.82) is 0 Å². The van der Waals surface area contributed by atoms with Crippen molar-refractivity contribution in [3.8, 4) is 0 Å². The number of benzene rings is 1. The Morgan fingerprint density at radius 1 is 1.25 bits per heavy atom. The monoisotopic (exact) mass is 238 g/mol. The van der Waals surface area contributed by atoms with Crippen LogP contribution in [0.2, 0.25) is 0 Å². The Kier molecular flexibility index (Phi) is 4.00. The lowest BCUT2D eigenvalue weighted by atomic mass is 10.0. The molecular formula is C14H16ClF. The Morgan fingerprint density at radius 3 is 2.88 bits per heavy atom. The van der Waals surface area contributed by atoms with E-state index in [9.17, 15) is 4.39 Å². The fourth-order valence-electron chi connectivity index (χ4n) is 2.15. The number of rotatable bonds is 2. The Bertz CT molecular complexity index is 384. The average Bonchev–Trinajstić information content (AvgIpc) is 2.46. The Balaban J connectivity index is 2.11. The average molecular weight is 239 g/mol. The Morgan fingerprint density at radius 2 is 2.06 bits per heavy atom. The number of hydrogen-bond donors (Lipinski definition) is 0. The van der Waals surface area contributed by atoms with E-state index in [4.69, 9.17) is 11.6 Å². The van der Waals surface area contributed by atoms with Gasteiger partial charge in [-0.3, -0.25) is 0 Å². The lowest BCUT2D eigenvalue weighted by molar-refractivity contribution is 0.611. The van der Waals surface area contributed by atoms with Crippen LogP contribution < -0.4 is 0 Å². The molecule has 1 aromatic carbocycles. The molecule has 0 aromatic heterocycles. The van der Waals surface area contributed by atoms with Crippen molar-refractivity contribution in [2.45, 2.75) is 37.5 Å². The predicted molar refractivity (Wildman–Crippen MR) is 66.3 cm³/mol. The molecule has 0 saturated carbocycles. The maximum absolute atomic E-state index is 13.5. The van der Waals surface area contributed by atoms with Gasteiger partial charge in [0, 0.05) is 0 Å². The van der Waals surface area contributed by atoms with E-state index in [-0.39, 0.29) is 11.2 Å². The first-order valence-electron chi connectivity index (χ1n) is 5.83. The van der Waals surface area contributed by atoms with E-state index < -0.39 is 0 Å². The number of allylic oxidation sites excluding steroid dienone is 2. The zero-order valence-electron chi connectivity index (χ0n) is 9.26. The van der Waals surface area contributed by atoms with Gasteiger partial charge in [0.15, 0.2) is 0 Å². The molecule has 0 saturated heterocycles. The first-order valence-corrected chi connectivity index (χ1v) is 6.26. The molecule has 0 spiro atoms. The SMILES string of the molecule is Fc1ccccc1CC1=CC(Cl)CCCC1. The second-order valence-electron chi connectivity index (χ2n) is 4.35. The summed E-state index contributed by atoms with van der Waals surface area (Å²) in [4.78, 5) is 0. The van der Waals surface area contributed by atoms with Crippen LogP contribution in [0.25, 0.3) is 0 Å². The smallest absolute Gasteiger partial charge is 0.126 e. The van der Waals surface area contributed by atoms with Gasteiger partial charge in [-0.25, -0.2) is 4.39 Å². The second-order valence-corrected chi connectivity index (χ2v) is 4.92. The van der Waals surface area contributed by atoms with Gasteiger partial charge in [0.25, 0.3) is 0 Å². The molecule has 0 amide bonds. The standard InChI is InChI=1S/C14H16ClF/c15-13-7-3-1-5-11(10-13)9-12-6-2-4-8-14(12)16/h2,4,6,8,10,13H,1,3,5,7,9H2. The van der Waals surface area contributed by atoms with Crippen LogP contribution in [-0.4, -0.2) is 5.38 Å². The van der Waals surface area contributed by atoms with E-state index in [1.807, 2.05) is 12.1 Å². The van der Waals surface area contributed by atoms with Gasteiger partial charge >= 0.3 is 0 Å². The molecule has 0 heterocycles. The zero-order valence-corrected chi connectivity index (χ0v) is 10.0. The minimum Gasteiger partial charge on any atom is -0.207 e. The zero-order chi connectivity index (χ0) is 11.4. The van der Waals surface area contributed by atoms with Crippen LogP contribution in [0, 0.1) is 5.82 Å². The van der Waals surface area contributed by atoms with Gasteiger partial charge in [0.1, 0.15) is 5.82 Å². The lowest BCUT2D eigenvalue weighted by Crippen LogP contribution is -1.96. The van der Waals surface area contributed by atoms with Gasteiger partial charge in [-0.1, -0.05) is 36.3 Å². The van der Waals surface area contributed by atoms with Crippen molar-refractivity contribution >= 4 is 11.6 Å². The highest BCUT2D eigenvalue weighted by Crippen LogP contribution is 2.24. The number of alkyl halides is 1. The fourth-order valence-corrected chi connectivity index (χ4v) is 2.48. The molecular weight excluding hydrogens is 223 g/mol. The predicted octanol–water partition coefficient (Wildman–Crippen LogP) is 4.48.